The second kappa shape index (κ2) is 17.8. The summed E-state index contributed by atoms with van der Waals surface area (Å²) in [5, 5.41) is 12.2. The summed E-state index contributed by atoms with van der Waals surface area (Å²) in [5.74, 6) is 2.37. The number of piperidine rings is 1. The lowest BCUT2D eigenvalue weighted by Gasteiger charge is -2.30. The van der Waals surface area contributed by atoms with Crippen molar-refractivity contribution in [2.24, 2.45) is 0 Å². The van der Waals surface area contributed by atoms with Crippen LogP contribution in [0.15, 0.2) is 47.4 Å². The minimum absolute atomic E-state index is 0.212. The van der Waals surface area contributed by atoms with Crippen molar-refractivity contribution in [2.45, 2.75) is 76.9 Å². The fourth-order valence-electron chi connectivity index (χ4n) is 5.62. The summed E-state index contributed by atoms with van der Waals surface area (Å²) in [6, 6.07) is 11.0. The highest BCUT2D eigenvalue weighted by atomic mass is 32.2. The molecular weight excluding hydrogens is 627 g/mol. The van der Waals surface area contributed by atoms with E-state index in [9.17, 15) is 13.2 Å². The van der Waals surface area contributed by atoms with Crippen molar-refractivity contribution >= 4 is 50.8 Å². The first-order chi connectivity index (χ1) is 22.9. The number of carbonyl (C=O) groups excluding carboxylic acids is 1. The van der Waals surface area contributed by atoms with E-state index in [0.29, 0.717) is 40.6 Å². The molecule has 2 aromatic carbocycles. The summed E-state index contributed by atoms with van der Waals surface area (Å²) in [5.41, 5.74) is 5.16. The summed E-state index contributed by atoms with van der Waals surface area (Å²) in [6.45, 7) is 14.1. The van der Waals surface area contributed by atoms with Crippen molar-refractivity contribution in [1.29, 1.82) is 0 Å². The molecule has 48 heavy (non-hydrogen) atoms. The number of aryl methyl sites for hydroxylation is 1. The Kier molecular flexibility index (Phi) is 14.2. The number of nitrogens with zero attached hydrogens (tertiary/aromatic N) is 3. The topological polar surface area (TPSA) is 138 Å². The lowest BCUT2D eigenvalue weighted by atomic mass is 9.86. The molecule has 12 heteroatoms. The van der Waals surface area contributed by atoms with Gasteiger partial charge in [-0.1, -0.05) is 32.1 Å². The van der Waals surface area contributed by atoms with Crippen LogP contribution >= 0.6 is 0 Å². The number of sulfone groups is 1. The van der Waals surface area contributed by atoms with Crippen LogP contribution in [-0.2, 0) is 14.6 Å². The third-order valence-corrected chi connectivity index (χ3v) is 10.6. The summed E-state index contributed by atoms with van der Waals surface area (Å²) < 4.78 is 32.3. The highest BCUT2D eigenvalue weighted by Gasteiger charge is 2.25. The maximum atomic E-state index is 13.2. The predicted molar refractivity (Wildman–Crippen MR) is 198 cm³/mol. The standard InChI is InChI=1S/C33H44N6O4S.C3H9N/c1-8-11-22(4)30-31(34-6)37-33(38-32(30)35-26-12-9-10-13-29(26)44(41,42)21(2)3)36-27-18-23(5)25(19-28(27)43-7)24-14-16-39(20-40)17-15-24;1-3-4-2/h9-13,18-21,24H,8,14-17H2,1-7H3,(H3,34,35,36,37,38);4H,3H2,1-2H3/b22-11+;. The molecule has 1 aliphatic rings. The average Bonchev–Trinajstić information content (AvgIpc) is 3.08. The number of ether oxygens (including phenoxy) is 1. The van der Waals surface area contributed by atoms with Gasteiger partial charge in [0.05, 0.1) is 34.2 Å². The van der Waals surface area contributed by atoms with Gasteiger partial charge in [0.2, 0.25) is 12.4 Å². The molecule has 2 heterocycles. The molecule has 4 rings (SSSR count). The van der Waals surface area contributed by atoms with Gasteiger partial charge in [0.1, 0.15) is 17.4 Å². The molecule has 0 unspecified atom stereocenters. The summed E-state index contributed by atoms with van der Waals surface area (Å²) in [4.78, 5) is 22.9. The molecule has 0 bridgehead atoms. The van der Waals surface area contributed by atoms with Crippen molar-refractivity contribution in [3.05, 3.63) is 59.2 Å². The third-order valence-electron chi connectivity index (χ3n) is 8.42. The van der Waals surface area contributed by atoms with Gasteiger partial charge in [-0.25, -0.2) is 8.42 Å². The smallest absolute Gasteiger partial charge is 0.231 e. The fourth-order valence-corrected chi connectivity index (χ4v) is 6.82. The zero-order valence-electron chi connectivity index (χ0n) is 29.9. The molecular formula is C36H53N7O4S. The number of aromatic nitrogens is 2. The van der Waals surface area contributed by atoms with E-state index in [0.717, 1.165) is 62.0 Å². The Labute approximate surface area is 286 Å². The number of hydrogen-bond donors (Lipinski definition) is 4. The maximum Gasteiger partial charge on any atom is 0.231 e. The lowest BCUT2D eigenvalue weighted by molar-refractivity contribution is -0.119. The molecule has 1 fully saturated rings. The van der Waals surface area contributed by atoms with Crippen LogP contribution in [0.25, 0.3) is 5.57 Å². The van der Waals surface area contributed by atoms with Gasteiger partial charge in [0.25, 0.3) is 0 Å². The number of methoxy groups -OCH3 is 1. The van der Waals surface area contributed by atoms with Crippen LogP contribution in [0.5, 0.6) is 5.75 Å². The number of hydrogen-bond acceptors (Lipinski definition) is 10. The Morgan fingerprint density at radius 3 is 2.25 bits per heavy atom. The minimum Gasteiger partial charge on any atom is -0.495 e. The zero-order valence-corrected chi connectivity index (χ0v) is 30.7. The molecule has 3 aromatic rings. The number of rotatable bonds is 13. The number of anilines is 5. The van der Waals surface area contributed by atoms with E-state index < -0.39 is 15.1 Å². The number of amides is 1. The maximum absolute atomic E-state index is 13.2. The van der Waals surface area contributed by atoms with Crippen LogP contribution in [0.3, 0.4) is 0 Å². The van der Waals surface area contributed by atoms with Crippen LogP contribution in [0.1, 0.15) is 76.5 Å². The van der Waals surface area contributed by atoms with Crippen molar-refractivity contribution in [3.8, 4) is 5.75 Å². The van der Waals surface area contributed by atoms with Gasteiger partial charge < -0.3 is 30.9 Å². The van der Waals surface area contributed by atoms with Crippen molar-refractivity contribution in [1.82, 2.24) is 20.2 Å². The van der Waals surface area contributed by atoms with Gasteiger partial charge in [-0.2, -0.15) is 9.97 Å². The van der Waals surface area contributed by atoms with E-state index in [-0.39, 0.29) is 4.90 Å². The number of likely N-dealkylation sites (tertiary alicyclic amines) is 1. The van der Waals surface area contributed by atoms with Gasteiger partial charge in [0, 0.05) is 20.1 Å². The molecule has 1 amide bonds. The van der Waals surface area contributed by atoms with Gasteiger partial charge in [-0.05, 0) is 107 Å². The summed E-state index contributed by atoms with van der Waals surface area (Å²) in [6.07, 6.45) is 5.62. The van der Waals surface area contributed by atoms with Gasteiger partial charge in [0.15, 0.2) is 9.84 Å². The fraction of sp³-hybridized carbons (Fsp3) is 0.472. The predicted octanol–water partition coefficient (Wildman–Crippen LogP) is 6.88. The van der Waals surface area contributed by atoms with E-state index in [1.54, 1.807) is 52.3 Å². The molecule has 0 aliphatic carbocycles. The molecule has 1 saturated heterocycles. The molecule has 4 N–H and O–H groups in total. The minimum atomic E-state index is -3.57. The van der Waals surface area contributed by atoms with E-state index in [1.807, 2.05) is 24.9 Å². The van der Waals surface area contributed by atoms with Crippen LogP contribution in [0.4, 0.5) is 29.0 Å². The molecule has 0 saturated carbocycles. The molecule has 1 aliphatic heterocycles. The molecule has 0 spiro atoms. The number of para-hydroxylation sites is 1. The Morgan fingerprint density at radius 2 is 1.69 bits per heavy atom. The third kappa shape index (κ3) is 9.25. The SMILES string of the molecule is CC/C=C(\C)c1c(NC)nc(Nc2cc(C)c(C3CCN(C=O)CC3)cc2OC)nc1Nc1ccccc1S(=O)(=O)C(C)C.CCNC. The molecule has 1 aromatic heterocycles. The van der Waals surface area contributed by atoms with Crippen LogP contribution in [0.2, 0.25) is 0 Å². The number of benzene rings is 2. The second-order valence-corrected chi connectivity index (χ2v) is 14.5. The largest absolute Gasteiger partial charge is 0.495 e. The quantitative estimate of drug-likeness (QED) is 0.142. The summed E-state index contributed by atoms with van der Waals surface area (Å²) >= 11 is 0. The average molecular weight is 680 g/mol. The summed E-state index contributed by atoms with van der Waals surface area (Å²) in [7, 11) is 1.80. The molecule has 11 nitrogen and oxygen atoms in total. The van der Waals surface area contributed by atoms with Gasteiger partial charge in [-0.3, -0.25) is 4.79 Å². The van der Waals surface area contributed by atoms with Crippen molar-refractivity contribution in [2.75, 3.05) is 56.8 Å². The Hall–Kier alpha value is -4.16. The monoisotopic (exact) mass is 679 g/mol. The molecule has 0 radical (unpaired) electrons. The van der Waals surface area contributed by atoms with Crippen LogP contribution in [-0.4, -0.2) is 75.8 Å². The molecule has 262 valence electrons. The number of carbonyl (C=O) groups is 1. The van der Waals surface area contributed by atoms with Gasteiger partial charge in [-0.15, -0.1) is 0 Å². The first-order valence-electron chi connectivity index (χ1n) is 16.6. The highest BCUT2D eigenvalue weighted by Crippen LogP contribution is 2.39. The zero-order chi connectivity index (χ0) is 35.4. The first-order valence-corrected chi connectivity index (χ1v) is 18.2. The number of allylic oxidation sites excluding steroid dienone is 2. The Balaban J connectivity index is 0.00000148. The Morgan fingerprint density at radius 1 is 1.04 bits per heavy atom. The second-order valence-electron chi connectivity index (χ2n) is 12.0. The number of nitrogens with one attached hydrogen (secondary N) is 4. The molecule has 0 atom stereocenters. The highest BCUT2D eigenvalue weighted by molar-refractivity contribution is 7.92. The van der Waals surface area contributed by atoms with Crippen molar-refractivity contribution < 1.29 is 17.9 Å². The van der Waals surface area contributed by atoms with E-state index in [1.165, 1.54) is 5.56 Å². The lowest BCUT2D eigenvalue weighted by Crippen LogP contribution is -2.31. The first kappa shape index (κ1) is 38.3. The van der Waals surface area contributed by atoms with Crippen LogP contribution < -0.4 is 26.0 Å². The van der Waals surface area contributed by atoms with Crippen LogP contribution in [0, 0.1) is 6.92 Å². The van der Waals surface area contributed by atoms with E-state index in [4.69, 9.17) is 14.7 Å². The van der Waals surface area contributed by atoms with Crippen molar-refractivity contribution in [3.63, 3.8) is 0 Å². The Bertz CT molecular complexity index is 1660. The normalized spacial score (nSPS) is 13.9. The van der Waals surface area contributed by atoms with E-state index >= 15 is 0 Å². The van der Waals surface area contributed by atoms with E-state index in [2.05, 4.69) is 54.2 Å². The van der Waals surface area contributed by atoms with Gasteiger partial charge >= 0.3 is 0 Å².